The molecule has 0 spiro atoms. The molecule has 0 amide bonds. The number of aliphatic imine (C=N–C) groups is 1. The monoisotopic (exact) mass is 392 g/mol. The van der Waals surface area contributed by atoms with Gasteiger partial charge in [0.25, 0.3) is 0 Å². The van der Waals surface area contributed by atoms with Gasteiger partial charge in [0.05, 0.1) is 6.54 Å². The van der Waals surface area contributed by atoms with Gasteiger partial charge in [0.1, 0.15) is 0 Å². The minimum absolute atomic E-state index is 0.308. The van der Waals surface area contributed by atoms with Gasteiger partial charge in [0, 0.05) is 44.3 Å². The maximum atomic E-state index is 5.13. The van der Waals surface area contributed by atoms with Gasteiger partial charge >= 0.3 is 0 Å². The predicted molar refractivity (Wildman–Crippen MR) is 119 cm³/mol. The van der Waals surface area contributed by atoms with Gasteiger partial charge in [0.15, 0.2) is 5.96 Å². The normalized spacial score (nSPS) is 28.2. The number of hydrogen-bond donors (Lipinski definition) is 2. The Bertz CT molecular complexity index is 481. The minimum atomic E-state index is 0.308. The molecule has 3 aliphatic rings. The third-order valence-electron chi connectivity index (χ3n) is 7.17. The number of nitrogens with one attached hydrogen (secondary N) is 2. The summed E-state index contributed by atoms with van der Waals surface area (Å²) in [6, 6.07) is 0.549. The molecule has 0 radical (unpaired) electrons. The summed E-state index contributed by atoms with van der Waals surface area (Å²) in [5.41, 5.74) is 0.308. The molecule has 0 aromatic heterocycles. The fraction of sp³-hybridized carbons (Fsp3) is 0.955. The molecule has 2 saturated heterocycles. The van der Waals surface area contributed by atoms with Crippen molar-refractivity contribution in [2.24, 2.45) is 4.99 Å². The first-order valence-corrected chi connectivity index (χ1v) is 11.8. The molecule has 1 saturated carbocycles. The van der Waals surface area contributed by atoms with Crippen molar-refractivity contribution in [1.29, 1.82) is 0 Å². The average molecular weight is 393 g/mol. The maximum Gasteiger partial charge on any atom is 0.191 e. The van der Waals surface area contributed by atoms with Gasteiger partial charge in [0.2, 0.25) is 0 Å². The molecule has 6 heteroatoms. The van der Waals surface area contributed by atoms with Gasteiger partial charge in [-0.25, -0.2) is 0 Å². The van der Waals surface area contributed by atoms with Crippen molar-refractivity contribution < 1.29 is 0 Å². The van der Waals surface area contributed by atoms with Crippen LogP contribution in [0.1, 0.15) is 58.3 Å². The first-order chi connectivity index (χ1) is 13.6. The second-order valence-corrected chi connectivity index (χ2v) is 9.31. The number of piperidine rings is 1. The highest BCUT2D eigenvalue weighted by Gasteiger charge is 2.38. The summed E-state index contributed by atoms with van der Waals surface area (Å²) in [5, 5.41) is 7.15. The lowest BCUT2D eigenvalue weighted by atomic mass is 9.79. The van der Waals surface area contributed by atoms with Crippen LogP contribution in [0.5, 0.6) is 0 Å². The van der Waals surface area contributed by atoms with Gasteiger partial charge in [-0.15, -0.1) is 0 Å². The van der Waals surface area contributed by atoms with E-state index in [1.54, 1.807) is 0 Å². The summed E-state index contributed by atoms with van der Waals surface area (Å²) < 4.78 is 0. The van der Waals surface area contributed by atoms with E-state index in [1.807, 2.05) is 0 Å². The predicted octanol–water partition coefficient (Wildman–Crippen LogP) is 1.98. The van der Waals surface area contributed by atoms with Crippen molar-refractivity contribution in [3.05, 3.63) is 0 Å². The van der Waals surface area contributed by atoms with Gasteiger partial charge < -0.3 is 15.5 Å². The summed E-state index contributed by atoms with van der Waals surface area (Å²) in [6.07, 6.45) is 10.9. The molecule has 1 atom stereocenters. The zero-order valence-electron chi connectivity index (χ0n) is 18.7. The first kappa shape index (κ1) is 21.8. The summed E-state index contributed by atoms with van der Waals surface area (Å²) in [5.74, 6) is 1.01. The van der Waals surface area contributed by atoms with E-state index in [4.69, 9.17) is 4.99 Å². The molecule has 2 N–H and O–H groups in total. The summed E-state index contributed by atoms with van der Waals surface area (Å²) >= 11 is 0. The molecule has 1 aliphatic carbocycles. The molecular weight excluding hydrogens is 348 g/mol. The number of nitrogens with zero attached hydrogens (tertiary/aromatic N) is 4. The number of piperazine rings is 1. The third kappa shape index (κ3) is 5.83. The molecule has 3 fully saturated rings. The number of hydrogen-bond acceptors (Lipinski definition) is 4. The van der Waals surface area contributed by atoms with Crippen LogP contribution in [0.3, 0.4) is 0 Å². The Kier molecular flexibility index (Phi) is 8.42. The lowest BCUT2D eigenvalue weighted by molar-refractivity contribution is 0.0407. The molecule has 1 unspecified atom stereocenters. The lowest BCUT2D eigenvalue weighted by Gasteiger charge is -2.47. The van der Waals surface area contributed by atoms with E-state index in [0.717, 1.165) is 38.7 Å². The molecule has 0 bridgehead atoms. The van der Waals surface area contributed by atoms with Crippen molar-refractivity contribution >= 4 is 5.96 Å². The van der Waals surface area contributed by atoms with Gasteiger partial charge in [-0.2, -0.15) is 0 Å². The highest BCUT2D eigenvalue weighted by Crippen LogP contribution is 2.35. The Balaban J connectivity index is 1.62. The molecule has 2 heterocycles. The average Bonchev–Trinajstić information content (AvgIpc) is 2.73. The third-order valence-corrected chi connectivity index (χ3v) is 7.17. The molecule has 6 nitrogen and oxygen atoms in total. The first-order valence-electron chi connectivity index (χ1n) is 11.8. The van der Waals surface area contributed by atoms with Crippen molar-refractivity contribution in [1.82, 2.24) is 25.3 Å². The van der Waals surface area contributed by atoms with E-state index < -0.39 is 0 Å². The molecule has 3 rings (SSSR count). The molecule has 0 aromatic rings. The molecule has 28 heavy (non-hydrogen) atoms. The Hall–Kier alpha value is -0.850. The van der Waals surface area contributed by atoms with Gasteiger partial charge in [-0.1, -0.05) is 25.7 Å². The standard InChI is InChI=1S/C22H44N6/c1-4-23-21(24-17-20-18-26(2)15-16-27(20)3)25-19-22(11-7-5-8-12-22)28-13-9-6-10-14-28/h20H,4-19H2,1-3H3,(H2,23,24,25). The molecular formula is C22H44N6. The highest BCUT2D eigenvalue weighted by atomic mass is 15.3. The largest absolute Gasteiger partial charge is 0.357 e. The number of likely N-dealkylation sites (tertiary alicyclic amines) is 1. The van der Waals surface area contributed by atoms with E-state index in [9.17, 15) is 0 Å². The van der Waals surface area contributed by atoms with Crippen LogP contribution >= 0.6 is 0 Å². The van der Waals surface area contributed by atoms with E-state index in [2.05, 4.69) is 46.4 Å². The Morgan fingerprint density at radius 2 is 1.64 bits per heavy atom. The second kappa shape index (κ2) is 10.8. The molecule has 0 aromatic carbocycles. The number of guanidine groups is 1. The van der Waals surface area contributed by atoms with Crippen LogP contribution in [0.2, 0.25) is 0 Å². The summed E-state index contributed by atoms with van der Waals surface area (Å²) in [7, 11) is 4.47. The second-order valence-electron chi connectivity index (χ2n) is 9.31. The van der Waals surface area contributed by atoms with Crippen LogP contribution in [0.15, 0.2) is 4.99 Å². The fourth-order valence-electron chi connectivity index (χ4n) is 5.26. The molecule has 162 valence electrons. The number of likely N-dealkylation sites (N-methyl/N-ethyl adjacent to an activating group) is 2. The zero-order chi connectivity index (χ0) is 19.8. The Labute approximate surface area is 173 Å². The van der Waals surface area contributed by atoms with Gasteiger partial charge in [-0.05, 0) is 59.8 Å². The highest BCUT2D eigenvalue weighted by molar-refractivity contribution is 5.79. The summed E-state index contributed by atoms with van der Waals surface area (Å²) in [6.45, 7) is 11.0. The summed E-state index contributed by atoms with van der Waals surface area (Å²) in [4.78, 5) is 12.8. The van der Waals surface area contributed by atoms with Crippen molar-refractivity contribution in [3.63, 3.8) is 0 Å². The Morgan fingerprint density at radius 1 is 0.929 bits per heavy atom. The number of rotatable bonds is 6. The van der Waals surface area contributed by atoms with Crippen LogP contribution in [0, 0.1) is 0 Å². The van der Waals surface area contributed by atoms with E-state index in [0.29, 0.717) is 11.6 Å². The van der Waals surface area contributed by atoms with Crippen LogP contribution < -0.4 is 10.6 Å². The molecule has 2 aliphatic heterocycles. The topological polar surface area (TPSA) is 46.1 Å². The fourth-order valence-corrected chi connectivity index (χ4v) is 5.26. The quantitative estimate of drug-likeness (QED) is 0.535. The van der Waals surface area contributed by atoms with Crippen molar-refractivity contribution in [2.45, 2.75) is 69.9 Å². The van der Waals surface area contributed by atoms with E-state index in [1.165, 1.54) is 71.0 Å². The van der Waals surface area contributed by atoms with Crippen LogP contribution in [0.25, 0.3) is 0 Å². The minimum Gasteiger partial charge on any atom is -0.357 e. The van der Waals surface area contributed by atoms with Gasteiger partial charge in [-0.3, -0.25) is 14.8 Å². The van der Waals surface area contributed by atoms with Crippen LogP contribution in [-0.4, -0.2) is 98.7 Å². The van der Waals surface area contributed by atoms with Crippen LogP contribution in [0.4, 0.5) is 0 Å². The van der Waals surface area contributed by atoms with Crippen molar-refractivity contribution in [2.75, 3.05) is 66.5 Å². The van der Waals surface area contributed by atoms with Crippen molar-refractivity contribution in [3.8, 4) is 0 Å². The van der Waals surface area contributed by atoms with E-state index >= 15 is 0 Å². The lowest BCUT2D eigenvalue weighted by Crippen LogP contribution is -2.56. The smallest absolute Gasteiger partial charge is 0.191 e. The Morgan fingerprint density at radius 3 is 2.36 bits per heavy atom. The zero-order valence-corrected chi connectivity index (χ0v) is 18.7. The maximum absolute atomic E-state index is 5.13. The van der Waals surface area contributed by atoms with E-state index in [-0.39, 0.29) is 0 Å². The van der Waals surface area contributed by atoms with Crippen LogP contribution in [-0.2, 0) is 0 Å². The SMILES string of the molecule is CCNC(=NCC1(N2CCCCC2)CCCCC1)NCC1CN(C)CCN1C.